The van der Waals surface area contributed by atoms with Gasteiger partial charge in [0.1, 0.15) is 6.61 Å². The second kappa shape index (κ2) is 10.1. The number of hydrogen-bond donors (Lipinski definition) is 0. The summed E-state index contributed by atoms with van der Waals surface area (Å²) >= 11 is 6.51. The number of benzene rings is 3. The molecular weight excluding hydrogens is 472 g/mol. The van der Waals surface area contributed by atoms with Crippen LogP contribution in [0.3, 0.4) is 0 Å². The molecule has 4 rings (SSSR count). The van der Waals surface area contributed by atoms with E-state index in [-0.39, 0.29) is 11.6 Å². The van der Waals surface area contributed by atoms with E-state index in [9.17, 15) is 14.9 Å². The minimum atomic E-state index is -0.508. The fourth-order valence-electron chi connectivity index (χ4n) is 3.33. The van der Waals surface area contributed by atoms with Gasteiger partial charge in [0.25, 0.3) is 11.6 Å². The Bertz CT molecular complexity index is 1300. The molecule has 1 amide bonds. The van der Waals surface area contributed by atoms with Crippen LogP contribution < -0.4 is 14.4 Å². The molecule has 0 spiro atoms. The normalized spacial score (nSPS) is 14.5. The van der Waals surface area contributed by atoms with Crippen LogP contribution in [0.2, 0.25) is 0 Å². The fraction of sp³-hybridized carbons (Fsp3) is 0.120. The number of carbonyl (C=O) groups is 1. The largest absolute Gasteiger partial charge is 0.493 e. The lowest BCUT2D eigenvalue weighted by Crippen LogP contribution is -2.27. The lowest BCUT2D eigenvalue weighted by Gasteiger charge is -2.14. The molecular formula is C25H20N2O5S2. The number of carbonyl (C=O) groups excluding carboxylic acids is 1. The molecule has 34 heavy (non-hydrogen) atoms. The molecule has 0 radical (unpaired) electrons. The van der Waals surface area contributed by atoms with E-state index in [1.807, 2.05) is 37.3 Å². The summed E-state index contributed by atoms with van der Waals surface area (Å²) < 4.78 is 11.7. The first kappa shape index (κ1) is 23.5. The molecule has 3 aromatic carbocycles. The highest BCUT2D eigenvalue weighted by molar-refractivity contribution is 8.27. The van der Waals surface area contributed by atoms with Crippen LogP contribution >= 0.6 is 24.0 Å². The van der Waals surface area contributed by atoms with Gasteiger partial charge in [-0.25, -0.2) is 0 Å². The number of thiocarbonyl (C=S) groups is 1. The molecule has 7 nitrogen and oxygen atoms in total. The van der Waals surface area contributed by atoms with Crippen LogP contribution in [0.25, 0.3) is 6.08 Å². The second-order valence-corrected chi connectivity index (χ2v) is 9.15. The van der Waals surface area contributed by atoms with Crippen LogP contribution in [0.4, 0.5) is 11.4 Å². The van der Waals surface area contributed by atoms with E-state index < -0.39 is 4.92 Å². The first-order valence-corrected chi connectivity index (χ1v) is 11.5. The fourth-order valence-corrected chi connectivity index (χ4v) is 4.62. The molecule has 0 N–H and O–H groups in total. The molecule has 0 bridgehead atoms. The Balaban J connectivity index is 1.53. The topological polar surface area (TPSA) is 81.9 Å². The van der Waals surface area contributed by atoms with Crippen molar-refractivity contribution in [1.82, 2.24) is 0 Å². The third kappa shape index (κ3) is 5.11. The van der Waals surface area contributed by atoms with Gasteiger partial charge in [0.15, 0.2) is 15.8 Å². The van der Waals surface area contributed by atoms with E-state index in [1.54, 1.807) is 31.4 Å². The van der Waals surface area contributed by atoms with Gasteiger partial charge in [0, 0.05) is 12.1 Å². The number of hydrogen-bond acceptors (Lipinski definition) is 7. The van der Waals surface area contributed by atoms with E-state index in [0.29, 0.717) is 33.0 Å². The highest BCUT2D eigenvalue weighted by atomic mass is 32.2. The van der Waals surface area contributed by atoms with Crippen molar-refractivity contribution in [2.24, 2.45) is 0 Å². The number of ether oxygens (including phenoxy) is 2. The van der Waals surface area contributed by atoms with Crippen LogP contribution in [0, 0.1) is 17.0 Å². The predicted molar refractivity (Wildman–Crippen MR) is 137 cm³/mol. The highest BCUT2D eigenvalue weighted by Crippen LogP contribution is 2.38. The summed E-state index contributed by atoms with van der Waals surface area (Å²) in [5.41, 5.74) is 3.21. The van der Waals surface area contributed by atoms with Crippen molar-refractivity contribution < 1.29 is 19.2 Å². The van der Waals surface area contributed by atoms with E-state index in [0.717, 1.165) is 22.9 Å². The van der Waals surface area contributed by atoms with Crippen molar-refractivity contribution in [3.05, 3.63) is 98.4 Å². The Kier molecular flexibility index (Phi) is 6.95. The number of rotatable bonds is 7. The van der Waals surface area contributed by atoms with E-state index in [2.05, 4.69) is 0 Å². The first-order chi connectivity index (χ1) is 16.4. The van der Waals surface area contributed by atoms with Gasteiger partial charge < -0.3 is 9.47 Å². The van der Waals surface area contributed by atoms with Gasteiger partial charge in [-0.2, -0.15) is 0 Å². The molecule has 3 aromatic rings. The molecule has 0 aliphatic carbocycles. The Morgan fingerprint density at radius 2 is 1.85 bits per heavy atom. The van der Waals surface area contributed by atoms with E-state index in [1.165, 1.54) is 28.7 Å². The van der Waals surface area contributed by atoms with E-state index in [4.69, 9.17) is 21.7 Å². The van der Waals surface area contributed by atoms with Crippen LogP contribution in [0.15, 0.2) is 71.6 Å². The zero-order valence-corrected chi connectivity index (χ0v) is 20.0. The lowest BCUT2D eigenvalue weighted by atomic mass is 10.1. The van der Waals surface area contributed by atoms with E-state index >= 15 is 0 Å². The second-order valence-electron chi connectivity index (χ2n) is 7.48. The number of aryl methyl sites for hydroxylation is 1. The number of amides is 1. The summed E-state index contributed by atoms with van der Waals surface area (Å²) in [7, 11) is 1.56. The summed E-state index contributed by atoms with van der Waals surface area (Å²) in [5.74, 6) is 0.786. The molecule has 1 fully saturated rings. The quantitative estimate of drug-likeness (QED) is 0.176. The van der Waals surface area contributed by atoms with Crippen molar-refractivity contribution in [3.63, 3.8) is 0 Å². The molecule has 172 valence electrons. The van der Waals surface area contributed by atoms with Crippen LogP contribution in [-0.4, -0.2) is 22.3 Å². The molecule has 0 unspecified atom stereocenters. The lowest BCUT2D eigenvalue weighted by molar-refractivity contribution is -0.384. The maximum atomic E-state index is 13.0. The van der Waals surface area contributed by atoms with Crippen molar-refractivity contribution in [2.45, 2.75) is 13.5 Å². The smallest absolute Gasteiger partial charge is 0.271 e. The zero-order valence-electron chi connectivity index (χ0n) is 18.4. The first-order valence-electron chi connectivity index (χ1n) is 10.2. The molecule has 1 saturated heterocycles. The van der Waals surface area contributed by atoms with Crippen molar-refractivity contribution in [1.29, 1.82) is 0 Å². The average Bonchev–Trinajstić information content (AvgIpc) is 3.11. The molecule has 1 aliphatic rings. The standard InChI is InChI=1S/C25H20N2O5S2/c1-16-6-8-17(9-7-16)15-32-21-11-10-18(12-22(21)31-2)13-23-24(28)26(25(33)34-23)19-4-3-5-20(14-19)27(29)30/h3-14H,15H2,1-2H3/b23-13-. The molecule has 9 heteroatoms. The van der Waals surface area contributed by atoms with Crippen molar-refractivity contribution in [2.75, 3.05) is 12.0 Å². The summed E-state index contributed by atoms with van der Waals surface area (Å²) in [5, 5.41) is 11.1. The van der Waals surface area contributed by atoms with Crippen LogP contribution in [0.5, 0.6) is 11.5 Å². The zero-order chi connectivity index (χ0) is 24.2. The summed E-state index contributed by atoms with van der Waals surface area (Å²) in [4.78, 5) is 25.3. The number of thioether (sulfide) groups is 1. The molecule has 0 aromatic heterocycles. The Morgan fingerprint density at radius 3 is 2.56 bits per heavy atom. The number of nitro benzene ring substituents is 1. The molecule has 1 aliphatic heterocycles. The highest BCUT2D eigenvalue weighted by Gasteiger charge is 2.34. The Hall–Kier alpha value is -3.69. The SMILES string of the molecule is COc1cc(/C=C2\SC(=S)N(c3cccc([N+](=O)[O-])c3)C2=O)ccc1OCc1ccc(C)cc1. The minimum Gasteiger partial charge on any atom is -0.493 e. The van der Waals surface area contributed by atoms with Gasteiger partial charge >= 0.3 is 0 Å². The maximum Gasteiger partial charge on any atom is 0.271 e. The summed E-state index contributed by atoms with van der Waals surface area (Å²) in [6, 6.07) is 19.3. The van der Waals surface area contributed by atoms with Crippen LogP contribution in [0.1, 0.15) is 16.7 Å². The van der Waals surface area contributed by atoms with Gasteiger partial charge in [-0.1, -0.05) is 65.9 Å². The minimum absolute atomic E-state index is 0.110. The van der Waals surface area contributed by atoms with Crippen LogP contribution in [-0.2, 0) is 11.4 Å². The van der Waals surface area contributed by atoms with Gasteiger partial charge in [-0.05, 0) is 42.3 Å². The van der Waals surface area contributed by atoms with Gasteiger partial charge in [-0.3, -0.25) is 19.8 Å². The third-order valence-electron chi connectivity index (χ3n) is 5.09. The Morgan fingerprint density at radius 1 is 1.09 bits per heavy atom. The number of nitrogens with zero attached hydrogens (tertiary/aromatic N) is 2. The maximum absolute atomic E-state index is 13.0. The molecule has 1 heterocycles. The Labute approximate surface area is 206 Å². The van der Waals surface area contributed by atoms with Gasteiger partial charge in [0.05, 0.1) is 22.6 Å². The van der Waals surface area contributed by atoms with Crippen molar-refractivity contribution in [3.8, 4) is 11.5 Å². The third-order valence-corrected chi connectivity index (χ3v) is 6.40. The number of methoxy groups -OCH3 is 1. The monoisotopic (exact) mass is 492 g/mol. The van der Waals surface area contributed by atoms with Crippen molar-refractivity contribution >= 4 is 51.7 Å². The predicted octanol–water partition coefficient (Wildman–Crippen LogP) is 5.90. The van der Waals surface area contributed by atoms with Gasteiger partial charge in [-0.15, -0.1) is 0 Å². The molecule has 0 saturated carbocycles. The number of non-ortho nitro benzene ring substituents is 1. The number of nitro groups is 1. The average molecular weight is 493 g/mol. The summed E-state index contributed by atoms with van der Waals surface area (Å²) in [6.45, 7) is 2.43. The van der Waals surface area contributed by atoms with Gasteiger partial charge in [0.2, 0.25) is 0 Å². The number of anilines is 1. The molecule has 0 atom stereocenters. The summed E-state index contributed by atoms with van der Waals surface area (Å²) in [6.07, 6.45) is 1.71.